The Kier molecular flexibility index (Phi) is 8.86. The Hall–Kier alpha value is -2.39. The first kappa shape index (κ1) is 25.9. The number of benzene rings is 2. The van der Waals surface area contributed by atoms with Crippen LogP contribution in [-0.2, 0) is 26.2 Å². The average Bonchev–Trinajstić information content (AvgIpc) is 2.72. The van der Waals surface area contributed by atoms with Gasteiger partial charge in [0.25, 0.3) is 0 Å². The van der Waals surface area contributed by atoms with E-state index >= 15 is 0 Å². The molecule has 0 saturated heterocycles. The Morgan fingerprint density at radius 1 is 1.09 bits per heavy atom. The van der Waals surface area contributed by atoms with Crippen molar-refractivity contribution in [2.45, 2.75) is 40.3 Å². The summed E-state index contributed by atoms with van der Waals surface area (Å²) in [5, 5.41) is 2.74. The van der Waals surface area contributed by atoms with Gasteiger partial charge in [-0.3, -0.25) is 13.9 Å². The molecule has 0 heterocycles. The van der Waals surface area contributed by atoms with Gasteiger partial charge < -0.3 is 10.2 Å². The van der Waals surface area contributed by atoms with E-state index in [1.807, 2.05) is 38.1 Å². The van der Waals surface area contributed by atoms with Gasteiger partial charge in [-0.1, -0.05) is 40.2 Å². The number of carbonyl (C=O) groups excluding carboxylic acids is 2. The van der Waals surface area contributed by atoms with E-state index in [4.69, 9.17) is 0 Å². The Labute approximate surface area is 199 Å². The fourth-order valence-corrected chi connectivity index (χ4v) is 4.36. The van der Waals surface area contributed by atoms with Crippen LogP contribution in [0.5, 0.6) is 0 Å². The summed E-state index contributed by atoms with van der Waals surface area (Å²) in [6, 6.07) is 11.9. The minimum Gasteiger partial charge on any atom is -0.355 e. The predicted molar refractivity (Wildman–Crippen MR) is 131 cm³/mol. The van der Waals surface area contributed by atoms with E-state index in [-0.39, 0.29) is 12.5 Å². The molecule has 0 spiro atoms. The third-order valence-electron chi connectivity index (χ3n) is 5.23. The van der Waals surface area contributed by atoms with Crippen LogP contribution in [0.3, 0.4) is 0 Å². The number of carbonyl (C=O) groups is 2. The van der Waals surface area contributed by atoms with Gasteiger partial charge in [0.05, 0.1) is 11.9 Å². The summed E-state index contributed by atoms with van der Waals surface area (Å²) in [6.07, 6.45) is 1.07. The van der Waals surface area contributed by atoms with Crippen LogP contribution in [0.4, 0.5) is 5.69 Å². The fraction of sp³-hybridized carbons (Fsp3) is 0.391. The zero-order valence-electron chi connectivity index (χ0n) is 19.1. The third kappa shape index (κ3) is 6.56. The number of hydrogen-bond donors (Lipinski definition) is 1. The van der Waals surface area contributed by atoms with Gasteiger partial charge in [-0.05, 0) is 62.6 Å². The molecule has 2 amide bonds. The summed E-state index contributed by atoms with van der Waals surface area (Å²) >= 11 is 3.41. The number of sulfonamides is 1. The maximum absolute atomic E-state index is 13.4. The first-order valence-corrected chi connectivity index (χ1v) is 12.9. The van der Waals surface area contributed by atoms with Crippen molar-refractivity contribution in [3.05, 3.63) is 63.6 Å². The molecule has 1 atom stereocenters. The van der Waals surface area contributed by atoms with Crippen LogP contribution in [0, 0.1) is 13.8 Å². The summed E-state index contributed by atoms with van der Waals surface area (Å²) in [5.74, 6) is -0.752. The van der Waals surface area contributed by atoms with E-state index in [2.05, 4.69) is 21.2 Å². The normalized spacial score (nSPS) is 12.2. The van der Waals surface area contributed by atoms with Gasteiger partial charge in [-0.2, -0.15) is 0 Å². The van der Waals surface area contributed by atoms with Crippen molar-refractivity contribution in [1.29, 1.82) is 0 Å². The first-order chi connectivity index (χ1) is 15.0. The molecule has 0 radical (unpaired) electrons. The summed E-state index contributed by atoms with van der Waals surface area (Å²) in [6.45, 7) is 7.45. The van der Waals surface area contributed by atoms with Crippen molar-refractivity contribution in [3.63, 3.8) is 0 Å². The van der Waals surface area contributed by atoms with Crippen molar-refractivity contribution in [1.82, 2.24) is 10.2 Å². The summed E-state index contributed by atoms with van der Waals surface area (Å²) in [4.78, 5) is 27.4. The van der Waals surface area contributed by atoms with Gasteiger partial charge >= 0.3 is 0 Å². The van der Waals surface area contributed by atoms with Crippen LogP contribution in [-0.4, -0.2) is 50.5 Å². The maximum atomic E-state index is 13.4. The van der Waals surface area contributed by atoms with Crippen molar-refractivity contribution in [2.24, 2.45) is 0 Å². The predicted octanol–water partition coefficient (Wildman–Crippen LogP) is 3.39. The summed E-state index contributed by atoms with van der Waals surface area (Å²) < 4.78 is 27.1. The van der Waals surface area contributed by atoms with Crippen LogP contribution in [0.2, 0.25) is 0 Å². The third-order valence-corrected chi connectivity index (χ3v) is 7.26. The molecule has 9 heteroatoms. The lowest BCUT2D eigenvalue weighted by atomic mass is 10.1. The van der Waals surface area contributed by atoms with Gasteiger partial charge in [0.15, 0.2) is 0 Å². The van der Waals surface area contributed by atoms with Gasteiger partial charge in [-0.15, -0.1) is 0 Å². The number of halogens is 1. The first-order valence-electron chi connectivity index (χ1n) is 10.3. The molecule has 2 rings (SSSR count). The highest BCUT2D eigenvalue weighted by Gasteiger charge is 2.30. The number of hydrogen-bond acceptors (Lipinski definition) is 4. The molecule has 0 saturated carbocycles. The number of aryl methyl sites for hydroxylation is 2. The molecular formula is C23H30BrN3O4S. The molecule has 0 aliphatic rings. The molecule has 0 aliphatic carbocycles. The molecular weight excluding hydrogens is 494 g/mol. The smallest absolute Gasteiger partial charge is 0.244 e. The van der Waals surface area contributed by atoms with Crippen molar-refractivity contribution >= 4 is 43.5 Å². The van der Waals surface area contributed by atoms with Gasteiger partial charge in [0, 0.05) is 17.6 Å². The molecule has 0 bridgehead atoms. The molecule has 2 aromatic rings. The topological polar surface area (TPSA) is 86.8 Å². The average molecular weight is 524 g/mol. The Morgan fingerprint density at radius 2 is 1.75 bits per heavy atom. The van der Waals surface area contributed by atoms with E-state index in [9.17, 15) is 18.0 Å². The van der Waals surface area contributed by atoms with E-state index in [0.717, 1.165) is 31.7 Å². The number of nitrogens with zero attached hydrogens (tertiary/aromatic N) is 2. The highest BCUT2D eigenvalue weighted by Crippen LogP contribution is 2.25. The zero-order valence-corrected chi connectivity index (χ0v) is 21.5. The van der Waals surface area contributed by atoms with Crippen LogP contribution in [0.25, 0.3) is 0 Å². The number of likely N-dealkylation sites (N-methyl/N-ethyl adjacent to an activating group) is 1. The largest absolute Gasteiger partial charge is 0.355 e. The molecule has 7 nitrogen and oxygen atoms in total. The van der Waals surface area contributed by atoms with Gasteiger partial charge in [0.1, 0.15) is 12.6 Å². The Bertz CT molecular complexity index is 1090. The molecule has 174 valence electrons. The lowest BCUT2D eigenvalue weighted by Gasteiger charge is -2.32. The second-order valence-electron chi connectivity index (χ2n) is 7.72. The van der Waals surface area contributed by atoms with Gasteiger partial charge in [-0.25, -0.2) is 8.42 Å². The minimum absolute atomic E-state index is 0.195. The van der Waals surface area contributed by atoms with E-state index in [1.165, 1.54) is 4.90 Å². The number of nitrogens with one attached hydrogen (secondary N) is 1. The van der Waals surface area contributed by atoms with Crippen LogP contribution >= 0.6 is 15.9 Å². The monoisotopic (exact) mass is 523 g/mol. The molecule has 2 aromatic carbocycles. The van der Waals surface area contributed by atoms with Crippen molar-refractivity contribution < 1.29 is 18.0 Å². The van der Waals surface area contributed by atoms with Crippen molar-refractivity contribution in [3.8, 4) is 0 Å². The van der Waals surface area contributed by atoms with Crippen LogP contribution in [0.1, 0.15) is 30.5 Å². The van der Waals surface area contributed by atoms with E-state index in [0.29, 0.717) is 12.2 Å². The highest BCUT2D eigenvalue weighted by molar-refractivity contribution is 9.10. The molecule has 0 fully saturated rings. The molecule has 0 aromatic heterocycles. The van der Waals surface area contributed by atoms with Crippen molar-refractivity contribution in [2.75, 3.05) is 23.7 Å². The quantitative estimate of drug-likeness (QED) is 0.545. The summed E-state index contributed by atoms with van der Waals surface area (Å²) in [5.41, 5.74) is 3.11. The minimum atomic E-state index is -3.74. The zero-order chi connectivity index (χ0) is 24.1. The Morgan fingerprint density at radius 3 is 2.31 bits per heavy atom. The van der Waals surface area contributed by atoms with E-state index in [1.54, 1.807) is 32.0 Å². The molecule has 1 N–H and O–H groups in total. The SMILES string of the molecule is CCNC(=O)[C@@H](C)N(Cc1ccccc1C)C(=O)CN(c1ccc(Br)c(C)c1)S(C)(=O)=O. The Balaban J connectivity index is 2.42. The number of anilines is 1. The maximum Gasteiger partial charge on any atom is 0.244 e. The van der Waals surface area contributed by atoms with E-state index < -0.39 is 28.5 Å². The standard InChI is InChI=1S/C23H30BrN3O4S/c1-6-25-23(29)18(4)26(14-19-10-8-7-9-16(19)2)22(28)15-27(32(5,30)31)20-11-12-21(24)17(3)13-20/h7-13,18H,6,14-15H2,1-5H3,(H,25,29)/t18-/m1/s1. The number of amides is 2. The lowest BCUT2D eigenvalue weighted by molar-refractivity contribution is -0.139. The van der Waals surface area contributed by atoms with Crippen LogP contribution < -0.4 is 9.62 Å². The van der Waals surface area contributed by atoms with Gasteiger partial charge in [0.2, 0.25) is 21.8 Å². The fourth-order valence-electron chi connectivity index (χ4n) is 3.27. The lowest BCUT2D eigenvalue weighted by Crippen LogP contribution is -2.51. The molecule has 0 unspecified atom stereocenters. The highest BCUT2D eigenvalue weighted by atomic mass is 79.9. The molecule has 0 aliphatic heterocycles. The summed E-state index contributed by atoms with van der Waals surface area (Å²) in [7, 11) is -3.74. The second kappa shape index (κ2) is 11.0. The second-order valence-corrected chi connectivity index (χ2v) is 10.5. The van der Waals surface area contributed by atoms with Crippen LogP contribution in [0.15, 0.2) is 46.9 Å². The molecule has 32 heavy (non-hydrogen) atoms. The number of rotatable bonds is 9.